The molecule has 3 atom stereocenters. The van der Waals surface area contributed by atoms with Crippen LogP contribution in [0.1, 0.15) is 29.5 Å². The van der Waals surface area contributed by atoms with E-state index in [2.05, 4.69) is 40.7 Å². The molecule has 5 rings (SSSR count). The van der Waals surface area contributed by atoms with E-state index in [0.29, 0.717) is 25.0 Å². The number of anilines is 1. The number of allylic oxidation sites excluding steroid dienone is 2. The first-order valence-electron chi connectivity index (χ1n) is 10.2. The molecule has 4 nitrogen and oxygen atoms in total. The summed E-state index contributed by atoms with van der Waals surface area (Å²) in [7, 11) is 0. The van der Waals surface area contributed by atoms with Crippen LogP contribution in [0.25, 0.3) is 0 Å². The third kappa shape index (κ3) is 3.70. The van der Waals surface area contributed by atoms with Crippen LogP contribution in [0.15, 0.2) is 85.2 Å². The van der Waals surface area contributed by atoms with Crippen molar-refractivity contribution in [1.82, 2.24) is 4.98 Å². The quantitative estimate of drug-likeness (QED) is 0.459. The third-order valence-electron chi connectivity index (χ3n) is 5.74. The van der Waals surface area contributed by atoms with Gasteiger partial charge in [0.2, 0.25) is 0 Å². The van der Waals surface area contributed by atoms with Gasteiger partial charge >= 0.3 is 0 Å². The summed E-state index contributed by atoms with van der Waals surface area (Å²) < 4.78 is 11.7. The molecule has 0 saturated carbocycles. The first kappa shape index (κ1) is 17.8. The molecule has 2 aliphatic rings. The van der Waals surface area contributed by atoms with Gasteiger partial charge in [-0.25, -0.2) is 0 Å². The number of hydrogen-bond donors (Lipinski definition) is 1. The maximum absolute atomic E-state index is 5.97. The number of nitrogens with one attached hydrogen (secondary N) is 1. The zero-order valence-electron chi connectivity index (χ0n) is 16.2. The number of ether oxygens (including phenoxy) is 2. The fourth-order valence-corrected chi connectivity index (χ4v) is 4.39. The van der Waals surface area contributed by atoms with Crippen molar-refractivity contribution in [2.24, 2.45) is 5.92 Å². The van der Waals surface area contributed by atoms with Gasteiger partial charge in [-0.2, -0.15) is 0 Å². The van der Waals surface area contributed by atoms with Gasteiger partial charge in [0, 0.05) is 24.0 Å². The molecule has 0 bridgehead atoms. The lowest BCUT2D eigenvalue weighted by molar-refractivity contribution is 0.217. The van der Waals surface area contributed by atoms with Crippen LogP contribution in [0.3, 0.4) is 0 Å². The molecule has 4 heteroatoms. The molecule has 1 N–H and O–H groups in total. The summed E-state index contributed by atoms with van der Waals surface area (Å²) in [4.78, 5) is 4.32. The van der Waals surface area contributed by atoms with E-state index in [1.54, 1.807) is 0 Å². The minimum atomic E-state index is 0.280. The zero-order valence-corrected chi connectivity index (χ0v) is 16.2. The number of nitrogens with zero attached hydrogens (tertiary/aromatic N) is 1. The second-order valence-corrected chi connectivity index (χ2v) is 7.52. The first-order chi connectivity index (χ1) is 14.4. The molecule has 29 heavy (non-hydrogen) atoms. The Morgan fingerprint density at radius 2 is 1.79 bits per heavy atom. The van der Waals surface area contributed by atoms with Crippen LogP contribution in [0, 0.1) is 5.92 Å². The molecule has 1 aromatic heterocycles. The summed E-state index contributed by atoms with van der Waals surface area (Å²) in [6.45, 7) is 1.04. The van der Waals surface area contributed by atoms with Crippen molar-refractivity contribution in [3.05, 3.63) is 96.3 Å². The molecule has 0 amide bonds. The van der Waals surface area contributed by atoms with Crippen molar-refractivity contribution >= 4 is 5.69 Å². The minimum Gasteiger partial charge on any atom is -0.490 e. The van der Waals surface area contributed by atoms with Gasteiger partial charge < -0.3 is 14.8 Å². The summed E-state index contributed by atoms with van der Waals surface area (Å²) in [6, 6.07) is 20.6. The Morgan fingerprint density at radius 3 is 2.62 bits per heavy atom. The molecule has 3 aromatic rings. The van der Waals surface area contributed by atoms with Gasteiger partial charge in [-0.05, 0) is 59.9 Å². The molecule has 3 unspecified atom stereocenters. The topological polar surface area (TPSA) is 43.4 Å². The summed E-state index contributed by atoms with van der Waals surface area (Å²) in [5, 5.41) is 3.74. The van der Waals surface area contributed by atoms with Crippen LogP contribution in [0.4, 0.5) is 5.69 Å². The van der Waals surface area contributed by atoms with Crippen molar-refractivity contribution in [3.63, 3.8) is 0 Å². The highest BCUT2D eigenvalue weighted by atomic mass is 16.5. The molecular formula is C25H24N2O2. The van der Waals surface area contributed by atoms with Crippen LogP contribution >= 0.6 is 0 Å². The molecule has 2 heterocycles. The number of pyridine rings is 1. The Balaban J connectivity index is 1.29. The van der Waals surface area contributed by atoms with E-state index in [1.807, 2.05) is 54.9 Å². The Bertz CT molecular complexity index is 988. The highest BCUT2D eigenvalue weighted by molar-refractivity contribution is 5.61. The van der Waals surface area contributed by atoms with Crippen LogP contribution in [0.2, 0.25) is 0 Å². The van der Waals surface area contributed by atoms with E-state index >= 15 is 0 Å². The van der Waals surface area contributed by atoms with Crippen LogP contribution < -0.4 is 14.8 Å². The zero-order chi connectivity index (χ0) is 19.5. The Hall–Kier alpha value is -3.27. The average Bonchev–Trinajstić information content (AvgIpc) is 3.28. The van der Waals surface area contributed by atoms with Crippen molar-refractivity contribution < 1.29 is 9.47 Å². The lowest BCUT2D eigenvalue weighted by Crippen LogP contribution is -2.29. The third-order valence-corrected chi connectivity index (χ3v) is 5.74. The van der Waals surface area contributed by atoms with Crippen molar-refractivity contribution in [2.75, 3.05) is 18.5 Å². The lowest BCUT2D eigenvalue weighted by Gasteiger charge is -2.37. The second-order valence-electron chi connectivity index (χ2n) is 7.52. The number of hydrogen-bond acceptors (Lipinski definition) is 4. The van der Waals surface area contributed by atoms with E-state index in [-0.39, 0.29) is 6.04 Å². The molecule has 0 radical (unpaired) electrons. The summed E-state index contributed by atoms with van der Waals surface area (Å²) in [5.41, 5.74) is 3.74. The van der Waals surface area contributed by atoms with E-state index in [1.165, 1.54) is 16.8 Å². The van der Waals surface area contributed by atoms with E-state index < -0.39 is 0 Å². The van der Waals surface area contributed by atoms with E-state index in [9.17, 15) is 0 Å². The average molecular weight is 384 g/mol. The largest absolute Gasteiger partial charge is 0.490 e. The van der Waals surface area contributed by atoms with Crippen molar-refractivity contribution in [2.45, 2.75) is 18.4 Å². The van der Waals surface area contributed by atoms with Gasteiger partial charge in [0.25, 0.3) is 0 Å². The maximum atomic E-state index is 5.97. The van der Waals surface area contributed by atoms with Gasteiger partial charge in [0.1, 0.15) is 24.7 Å². The number of rotatable bonds is 6. The normalized spacial score (nSPS) is 21.7. The number of aromatic nitrogens is 1. The molecule has 146 valence electrons. The van der Waals surface area contributed by atoms with Crippen molar-refractivity contribution in [1.29, 1.82) is 0 Å². The molecule has 0 fully saturated rings. The predicted octanol–water partition coefficient (Wildman–Crippen LogP) is 5.37. The second kappa shape index (κ2) is 8.00. The summed E-state index contributed by atoms with van der Waals surface area (Å²) >= 11 is 0. The number of fused-ring (bicyclic) bond motifs is 3. The van der Waals surface area contributed by atoms with Gasteiger partial charge in [-0.3, -0.25) is 4.98 Å². The van der Waals surface area contributed by atoms with Crippen LogP contribution in [-0.2, 0) is 0 Å². The fourth-order valence-electron chi connectivity index (χ4n) is 4.39. The fraction of sp³-hybridized carbons (Fsp3) is 0.240. The van der Waals surface area contributed by atoms with Crippen molar-refractivity contribution in [3.8, 4) is 11.5 Å². The molecule has 0 saturated heterocycles. The summed E-state index contributed by atoms with van der Waals surface area (Å²) in [6.07, 6.45) is 9.53. The van der Waals surface area contributed by atoms with Crippen LogP contribution in [-0.4, -0.2) is 18.2 Å². The molecule has 1 aliphatic carbocycles. The lowest BCUT2D eigenvalue weighted by atomic mass is 9.77. The van der Waals surface area contributed by atoms with Gasteiger partial charge in [0.15, 0.2) is 0 Å². The molecular weight excluding hydrogens is 360 g/mol. The monoisotopic (exact) mass is 384 g/mol. The maximum Gasteiger partial charge on any atom is 0.122 e. The van der Waals surface area contributed by atoms with Gasteiger partial charge in [-0.1, -0.05) is 36.4 Å². The Labute approximate surface area is 171 Å². The Kier molecular flexibility index (Phi) is 4.91. The van der Waals surface area contributed by atoms with Crippen LogP contribution in [0.5, 0.6) is 11.5 Å². The summed E-state index contributed by atoms with van der Waals surface area (Å²) in [5.74, 6) is 2.66. The number of para-hydroxylation sites is 1. The highest BCUT2D eigenvalue weighted by Crippen LogP contribution is 2.50. The van der Waals surface area contributed by atoms with Gasteiger partial charge in [0.05, 0.1) is 6.04 Å². The Morgan fingerprint density at radius 1 is 0.931 bits per heavy atom. The minimum absolute atomic E-state index is 0.280. The molecule has 0 spiro atoms. The smallest absolute Gasteiger partial charge is 0.122 e. The predicted molar refractivity (Wildman–Crippen MR) is 114 cm³/mol. The standard InChI is InChI=1S/C25H24N2O2/c1-2-7-19(8-3-1)28-14-15-29-20-11-12-24-23(16-20)21-9-4-10-22(21)25(27-24)18-6-5-13-26-17-18/h1-9,11-13,16-17,21-22,25,27H,10,14-15H2. The van der Waals surface area contributed by atoms with Gasteiger partial charge in [-0.15, -0.1) is 0 Å². The molecule has 2 aromatic carbocycles. The molecule has 1 aliphatic heterocycles. The number of benzene rings is 2. The first-order valence-corrected chi connectivity index (χ1v) is 10.2. The van der Waals surface area contributed by atoms with E-state index in [0.717, 1.165) is 17.9 Å². The SMILES string of the molecule is C1=CC2c3cc(OCCOc4ccccc4)ccc3NC(c3cccnc3)C2C1. The van der Waals surface area contributed by atoms with E-state index in [4.69, 9.17) is 9.47 Å². The highest BCUT2D eigenvalue weighted by Gasteiger charge is 2.38.